The first-order valence-corrected chi connectivity index (χ1v) is 5.65. The minimum atomic E-state index is 0.283. The van der Waals surface area contributed by atoms with Crippen molar-refractivity contribution in [3.05, 3.63) is 17.8 Å². The molecule has 5 heteroatoms. The molecule has 1 aromatic heterocycles. The van der Waals surface area contributed by atoms with Crippen molar-refractivity contribution in [2.45, 2.75) is 19.6 Å². The van der Waals surface area contributed by atoms with E-state index in [1.807, 2.05) is 6.92 Å². The molecule has 0 bridgehead atoms. The Bertz CT molecular complexity index is 321. The van der Waals surface area contributed by atoms with Gasteiger partial charge in [0, 0.05) is 26.2 Å². The van der Waals surface area contributed by atoms with Crippen LogP contribution in [0, 0.1) is 6.92 Å². The van der Waals surface area contributed by atoms with Crippen molar-refractivity contribution in [2.24, 2.45) is 0 Å². The number of nitrogens with zero attached hydrogens (tertiary/aromatic N) is 2. The molecule has 1 aliphatic heterocycles. The van der Waals surface area contributed by atoms with Gasteiger partial charge in [0.15, 0.2) is 6.39 Å². The molecule has 1 aliphatic rings. The molecule has 1 fully saturated rings. The maximum absolute atomic E-state index is 5.65. The summed E-state index contributed by atoms with van der Waals surface area (Å²) >= 11 is 0. The van der Waals surface area contributed by atoms with Crippen LogP contribution >= 0.6 is 0 Å². The Morgan fingerprint density at radius 3 is 3.12 bits per heavy atom. The van der Waals surface area contributed by atoms with Crippen molar-refractivity contribution in [1.29, 1.82) is 0 Å². The maximum atomic E-state index is 5.65. The van der Waals surface area contributed by atoms with E-state index in [1.54, 1.807) is 0 Å². The standard InChI is InChI=1S/C11H19N3O2/c1-9-11(13-8-16-9)7-14(2)6-10-5-12-3-4-15-10/h8,10,12H,3-7H2,1-2H3. The highest BCUT2D eigenvalue weighted by molar-refractivity contribution is 5.04. The molecule has 1 unspecified atom stereocenters. The number of oxazole rings is 1. The summed E-state index contributed by atoms with van der Waals surface area (Å²) in [5.74, 6) is 0.898. The number of aromatic nitrogens is 1. The second-order valence-electron chi connectivity index (χ2n) is 4.25. The first-order chi connectivity index (χ1) is 7.75. The van der Waals surface area contributed by atoms with Crippen LogP contribution in [-0.2, 0) is 11.3 Å². The summed E-state index contributed by atoms with van der Waals surface area (Å²) in [6.07, 6.45) is 1.78. The zero-order chi connectivity index (χ0) is 11.4. The predicted octanol–water partition coefficient (Wildman–Crippen LogP) is 0.403. The molecule has 0 aromatic carbocycles. The summed E-state index contributed by atoms with van der Waals surface area (Å²) in [5.41, 5.74) is 1.01. The summed E-state index contributed by atoms with van der Waals surface area (Å²) < 4.78 is 10.8. The Morgan fingerprint density at radius 2 is 2.50 bits per heavy atom. The fraction of sp³-hybridized carbons (Fsp3) is 0.727. The quantitative estimate of drug-likeness (QED) is 0.804. The van der Waals surface area contributed by atoms with Crippen LogP contribution in [-0.4, -0.2) is 49.3 Å². The summed E-state index contributed by atoms with van der Waals surface area (Å²) in [7, 11) is 2.08. The van der Waals surface area contributed by atoms with Crippen molar-refractivity contribution in [3.63, 3.8) is 0 Å². The van der Waals surface area contributed by atoms with Crippen LogP contribution in [0.1, 0.15) is 11.5 Å². The molecule has 0 amide bonds. The third kappa shape index (κ3) is 3.04. The lowest BCUT2D eigenvalue weighted by molar-refractivity contribution is 0.00864. The van der Waals surface area contributed by atoms with Crippen LogP contribution in [0.15, 0.2) is 10.8 Å². The van der Waals surface area contributed by atoms with Crippen LogP contribution < -0.4 is 5.32 Å². The van der Waals surface area contributed by atoms with Crippen molar-refractivity contribution in [3.8, 4) is 0 Å². The molecule has 90 valence electrons. The largest absolute Gasteiger partial charge is 0.448 e. The third-order valence-corrected chi connectivity index (χ3v) is 2.78. The van der Waals surface area contributed by atoms with E-state index in [-0.39, 0.29) is 6.10 Å². The number of morpholine rings is 1. The van der Waals surface area contributed by atoms with Crippen LogP contribution in [0.2, 0.25) is 0 Å². The first kappa shape index (κ1) is 11.6. The van der Waals surface area contributed by atoms with Gasteiger partial charge in [0.05, 0.1) is 18.4 Å². The molecular weight excluding hydrogens is 206 g/mol. The summed E-state index contributed by atoms with van der Waals surface area (Å²) in [4.78, 5) is 6.39. The van der Waals surface area contributed by atoms with Gasteiger partial charge in [0.25, 0.3) is 0 Å². The Balaban J connectivity index is 1.79. The van der Waals surface area contributed by atoms with Crippen LogP contribution in [0.25, 0.3) is 0 Å². The lowest BCUT2D eigenvalue weighted by Gasteiger charge is -2.27. The van der Waals surface area contributed by atoms with Crippen LogP contribution in [0.5, 0.6) is 0 Å². The zero-order valence-electron chi connectivity index (χ0n) is 9.90. The molecule has 16 heavy (non-hydrogen) atoms. The number of likely N-dealkylation sites (N-methyl/N-ethyl adjacent to an activating group) is 1. The summed E-state index contributed by atoms with van der Waals surface area (Å²) in [5, 5.41) is 3.32. The topological polar surface area (TPSA) is 50.5 Å². The fourth-order valence-corrected chi connectivity index (χ4v) is 1.88. The zero-order valence-corrected chi connectivity index (χ0v) is 9.90. The monoisotopic (exact) mass is 225 g/mol. The highest BCUT2D eigenvalue weighted by Gasteiger charge is 2.16. The molecule has 1 N–H and O–H groups in total. The van der Waals surface area contributed by atoms with Crippen molar-refractivity contribution < 1.29 is 9.15 Å². The van der Waals surface area contributed by atoms with Gasteiger partial charge in [-0.15, -0.1) is 0 Å². The maximum Gasteiger partial charge on any atom is 0.181 e. The van der Waals surface area contributed by atoms with Gasteiger partial charge in [-0.2, -0.15) is 0 Å². The number of aryl methyl sites for hydroxylation is 1. The van der Waals surface area contributed by atoms with Gasteiger partial charge in [0.2, 0.25) is 0 Å². The molecule has 1 saturated heterocycles. The summed E-state index contributed by atoms with van der Waals surface area (Å²) in [6, 6.07) is 0. The highest BCUT2D eigenvalue weighted by atomic mass is 16.5. The smallest absolute Gasteiger partial charge is 0.181 e. The molecule has 0 saturated carbocycles. The van der Waals surface area contributed by atoms with E-state index in [9.17, 15) is 0 Å². The van der Waals surface area contributed by atoms with Crippen LogP contribution in [0.3, 0.4) is 0 Å². The van der Waals surface area contributed by atoms with E-state index in [2.05, 4.69) is 22.2 Å². The van der Waals surface area contributed by atoms with Gasteiger partial charge < -0.3 is 14.5 Å². The van der Waals surface area contributed by atoms with Gasteiger partial charge in [0.1, 0.15) is 5.76 Å². The van der Waals surface area contributed by atoms with E-state index in [1.165, 1.54) is 6.39 Å². The minimum absolute atomic E-state index is 0.283. The predicted molar refractivity (Wildman–Crippen MR) is 60.2 cm³/mol. The number of ether oxygens (including phenoxy) is 1. The minimum Gasteiger partial charge on any atom is -0.448 e. The number of nitrogens with one attached hydrogen (secondary N) is 1. The van der Waals surface area contributed by atoms with Gasteiger partial charge in [-0.1, -0.05) is 0 Å². The molecule has 1 aromatic rings. The molecule has 0 radical (unpaired) electrons. The molecule has 1 atom stereocenters. The SMILES string of the molecule is Cc1ocnc1CN(C)CC1CNCCO1. The van der Waals surface area contributed by atoms with Crippen molar-refractivity contribution in [2.75, 3.05) is 33.3 Å². The molecule has 0 aliphatic carbocycles. The van der Waals surface area contributed by atoms with E-state index in [0.29, 0.717) is 0 Å². The number of hydrogen-bond donors (Lipinski definition) is 1. The van der Waals surface area contributed by atoms with Crippen molar-refractivity contribution >= 4 is 0 Å². The summed E-state index contributed by atoms with van der Waals surface area (Å²) in [6.45, 7) is 6.36. The third-order valence-electron chi connectivity index (χ3n) is 2.78. The number of rotatable bonds is 4. The second kappa shape index (κ2) is 5.43. The first-order valence-electron chi connectivity index (χ1n) is 5.65. The van der Waals surface area contributed by atoms with Gasteiger partial charge in [-0.3, -0.25) is 4.90 Å². The molecule has 2 rings (SSSR count). The fourth-order valence-electron chi connectivity index (χ4n) is 1.88. The average molecular weight is 225 g/mol. The Labute approximate surface area is 95.8 Å². The second-order valence-corrected chi connectivity index (χ2v) is 4.25. The molecule has 2 heterocycles. The van der Waals surface area contributed by atoms with Gasteiger partial charge in [-0.05, 0) is 14.0 Å². The Hall–Kier alpha value is -0.910. The van der Waals surface area contributed by atoms with E-state index in [0.717, 1.165) is 44.2 Å². The normalized spacial score (nSPS) is 21.6. The lowest BCUT2D eigenvalue weighted by Crippen LogP contribution is -2.44. The van der Waals surface area contributed by atoms with Crippen molar-refractivity contribution in [1.82, 2.24) is 15.2 Å². The molecule has 5 nitrogen and oxygen atoms in total. The Kier molecular flexibility index (Phi) is 3.93. The van der Waals surface area contributed by atoms with Crippen LogP contribution in [0.4, 0.5) is 0 Å². The molecule has 0 spiro atoms. The van der Waals surface area contributed by atoms with E-state index < -0.39 is 0 Å². The highest BCUT2D eigenvalue weighted by Crippen LogP contribution is 2.08. The Morgan fingerprint density at radius 1 is 1.62 bits per heavy atom. The molecular formula is C11H19N3O2. The van der Waals surface area contributed by atoms with Gasteiger partial charge >= 0.3 is 0 Å². The lowest BCUT2D eigenvalue weighted by atomic mass is 10.2. The van der Waals surface area contributed by atoms with E-state index >= 15 is 0 Å². The number of hydrogen-bond acceptors (Lipinski definition) is 5. The van der Waals surface area contributed by atoms with Gasteiger partial charge in [-0.25, -0.2) is 4.98 Å². The van der Waals surface area contributed by atoms with E-state index in [4.69, 9.17) is 9.15 Å². The average Bonchev–Trinajstić information content (AvgIpc) is 2.66.